The fraction of sp³-hybridized carbons (Fsp3) is 0.235. The van der Waals surface area contributed by atoms with Crippen molar-refractivity contribution in [1.82, 2.24) is 5.32 Å². The quantitative estimate of drug-likeness (QED) is 0.885. The third-order valence-corrected chi connectivity index (χ3v) is 3.50. The molecule has 0 radical (unpaired) electrons. The molecule has 0 aliphatic carbocycles. The number of methoxy groups -OCH3 is 1. The molecular weight excluding hydrogens is 305 g/mol. The molecule has 2 aromatic rings. The van der Waals surface area contributed by atoms with Crippen molar-refractivity contribution in [2.45, 2.75) is 12.8 Å². The lowest BCUT2D eigenvalue weighted by molar-refractivity contribution is -0.120. The highest BCUT2D eigenvalue weighted by Gasteiger charge is 2.08. The lowest BCUT2D eigenvalue weighted by Gasteiger charge is -2.07. The summed E-state index contributed by atoms with van der Waals surface area (Å²) in [7, 11) is 1.62. The number of ether oxygens (including phenoxy) is 1. The van der Waals surface area contributed by atoms with Gasteiger partial charge in [-0.15, -0.1) is 0 Å². The average Bonchev–Trinajstić information content (AvgIpc) is 2.51. The summed E-state index contributed by atoms with van der Waals surface area (Å²) < 4.78 is 18.7. The first-order valence-electron chi connectivity index (χ1n) is 6.92. The number of benzene rings is 2. The SMILES string of the molecule is COc1ccc(CCNC(=O)Cc2ccc(Cl)cc2F)cc1. The van der Waals surface area contributed by atoms with Gasteiger partial charge in [0.05, 0.1) is 13.5 Å². The van der Waals surface area contributed by atoms with E-state index in [9.17, 15) is 9.18 Å². The molecule has 2 rings (SSSR count). The van der Waals surface area contributed by atoms with E-state index in [2.05, 4.69) is 5.32 Å². The third-order valence-electron chi connectivity index (χ3n) is 3.26. The van der Waals surface area contributed by atoms with Crippen molar-refractivity contribution in [2.75, 3.05) is 13.7 Å². The molecule has 1 amide bonds. The molecule has 0 atom stereocenters. The highest BCUT2D eigenvalue weighted by atomic mass is 35.5. The Labute approximate surface area is 134 Å². The third kappa shape index (κ3) is 4.74. The Morgan fingerprint density at radius 2 is 1.95 bits per heavy atom. The van der Waals surface area contributed by atoms with Crippen LogP contribution >= 0.6 is 11.6 Å². The lowest BCUT2D eigenvalue weighted by Crippen LogP contribution is -2.27. The maximum atomic E-state index is 13.6. The Morgan fingerprint density at radius 1 is 1.23 bits per heavy atom. The van der Waals surface area contributed by atoms with Gasteiger partial charge in [0.25, 0.3) is 0 Å². The molecule has 0 aromatic heterocycles. The van der Waals surface area contributed by atoms with Crippen molar-refractivity contribution in [3.63, 3.8) is 0 Å². The summed E-state index contributed by atoms with van der Waals surface area (Å²) in [4.78, 5) is 11.8. The molecule has 3 nitrogen and oxygen atoms in total. The number of rotatable bonds is 6. The Bertz CT molecular complexity index is 644. The van der Waals surface area contributed by atoms with Gasteiger partial charge < -0.3 is 10.1 Å². The van der Waals surface area contributed by atoms with E-state index in [0.29, 0.717) is 23.6 Å². The molecule has 0 saturated heterocycles. The van der Waals surface area contributed by atoms with Crippen molar-refractivity contribution < 1.29 is 13.9 Å². The molecule has 0 saturated carbocycles. The van der Waals surface area contributed by atoms with Crippen LogP contribution in [0.2, 0.25) is 5.02 Å². The molecule has 0 bridgehead atoms. The van der Waals surface area contributed by atoms with E-state index < -0.39 is 5.82 Å². The smallest absolute Gasteiger partial charge is 0.224 e. The standard InChI is InChI=1S/C17H17ClFNO2/c1-22-15-6-2-12(3-7-15)8-9-20-17(21)10-13-4-5-14(18)11-16(13)19/h2-7,11H,8-10H2,1H3,(H,20,21). The summed E-state index contributed by atoms with van der Waals surface area (Å²) in [6, 6.07) is 12.0. The molecule has 0 aliphatic heterocycles. The molecule has 116 valence electrons. The maximum absolute atomic E-state index is 13.6. The van der Waals surface area contributed by atoms with Gasteiger partial charge >= 0.3 is 0 Å². The first kappa shape index (κ1) is 16.3. The summed E-state index contributed by atoms with van der Waals surface area (Å²) in [5, 5.41) is 3.10. The van der Waals surface area contributed by atoms with Gasteiger partial charge in [0, 0.05) is 11.6 Å². The van der Waals surface area contributed by atoms with E-state index in [1.807, 2.05) is 24.3 Å². The molecule has 1 N–H and O–H groups in total. The highest BCUT2D eigenvalue weighted by Crippen LogP contribution is 2.15. The van der Waals surface area contributed by atoms with Crippen LogP contribution in [0.15, 0.2) is 42.5 Å². The minimum absolute atomic E-state index is 0.00557. The van der Waals surface area contributed by atoms with Gasteiger partial charge in [-0.3, -0.25) is 4.79 Å². The summed E-state index contributed by atoms with van der Waals surface area (Å²) in [6.07, 6.45) is 0.713. The number of halogens is 2. The minimum atomic E-state index is -0.460. The van der Waals surface area contributed by atoms with E-state index in [4.69, 9.17) is 16.3 Å². The van der Waals surface area contributed by atoms with E-state index >= 15 is 0 Å². The topological polar surface area (TPSA) is 38.3 Å². The van der Waals surface area contributed by atoms with E-state index in [-0.39, 0.29) is 12.3 Å². The van der Waals surface area contributed by atoms with E-state index in [1.165, 1.54) is 12.1 Å². The van der Waals surface area contributed by atoms with Crippen molar-refractivity contribution in [3.05, 3.63) is 64.4 Å². The molecule has 22 heavy (non-hydrogen) atoms. The second-order valence-corrected chi connectivity index (χ2v) is 5.30. The van der Waals surface area contributed by atoms with E-state index in [0.717, 1.165) is 11.3 Å². The monoisotopic (exact) mass is 321 g/mol. The predicted molar refractivity (Wildman–Crippen MR) is 84.8 cm³/mol. The molecule has 0 unspecified atom stereocenters. The zero-order valence-electron chi connectivity index (χ0n) is 12.2. The van der Waals surface area contributed by atoms with Crippen molar-refractivity contribution >= 4 is 17.5 Å². The lowest BCUT2D eigenvalue weighted by atomic mass is 10.1. The maximum Gasteiger partial charge on any atom is 0.224 e. The Morgan fingerprint density at radius 3 is 2.59 bits per heavy atom. The van der Waals surface area contributed by atoms with Gasteiger partial charge in [0.2, 0.25) is 5.91 Å². The van der Waals surface area contributed by atoms with Gasteiger partial charge in [-0.1, -0.05) is 29.8 Å². The number of hydrogen-bond donors (Lipinski definition) is 1. The number of nitrogens with one attached hydrogen (secondary N) is 1. The van der Waals surface area contributed by atoms with Crippen molar-refractivity contribution in [1.29, 1.82) is 0 Å². The number of carbonyl (C=O) groups excluding carboxylic acids is 1. The Hall–Kier alpha value is -2.07. The van der Waals surface area contributed by atoms with Crippen LogP contribution in [-0.4, -0.2) is 19.6 Å². The van der Waals surface area contributed by atoms with Crippen LogP contribution < -0.4 is 10.1 Å². The molecule has 0 fully saturated rings. The molecular formula is C17H17ClFNO2. The summed E-state index contributed by atoms with van der Waals surface area (Å²) in [5.41, 5.74) is 1.44. The summed E-state index contributed by atoms with van der Waals surface area (Å²) in [6.45, 7) is 0.500. The van der Waals surface area contributed by atoms with Gasteiger partial charge in [-0.25, -0.2) is 4.39 Å². The second kappa shape index (κ2) is 7.80. The fourth-order valence-corrected chi connectivity index (χ4v) is 2.20. The number of carbonyl (C=O) groups is 1. The van der Waals surface area contributed by atoms with Crippen molar-refractivity contribution in [3.8, 4) is 5.75 Å². The average molecular weight is 322 g/mol. The largest absolute Gasteiger partial charge is 0.497 e. The van der Waals surface area contributed by atoms with Crippen LogP contribution in [0.1, 0.15) is 11.1 Å². The second-order valence-electron chi connectivity index (χ2n) is 4.86. The predicted octanol–water partition coefficient (Wildman–Crippen LogP) is 3.39. The number of hydrogen-bond acceptors (Lipinski definition) is 2. The minimum Gasteiger partial charge on any atom is -0.497 e. The Balaban J connectivity index is 1.79. The summed E-state index contributed by atoms with van der Waals surface area (Å²) >= 11 is 5.68. The Kier molecular flexibility index (Phi) is 5.78. The normalized spacial score (nSPS) is 10.3. The molecule has 5 heteroatoms. The first-order chi connectivity index (χ1) is 10.6. The van der Waals surface area contributed by atoms with Crippen LogP contribution in [0.5, 0.6) is 5.75 Å². The zero-order chi connectivity index (χ0) is 15.9. The van der Waals surface area contributed by atoms with Crippen LogP contribution in [-0.2, 0) is 17.6 Å². The first-order valence-corrected chi connectivity index (χ1v) is 7.30. The highest BCUT2D eigenvalue weighted by molar-refractivity contribution is 6.30. The van der Waals surface area contributed by atoms with Crippen LogP contribution in [0.3, 0.4) is 0 Å². The molecule has 0 aliphatic rings. The zero-order valence-corrected chi connectivity index (χ0v) is 13.0. The molecule has 0 spiro atoms. The van der Waals surface area contributed by atoms with Gasteiger partial charge in [0.15, 0.2) is 0 Å². The van der Waals surface area contributed by atoms with E-state index in [1.54, 1.807) is 13.2 Å². The summed E-state index contributed by atoms with van der Waals surface area (Å²) in [5.74, 6) is 0.124. The fourth-order valence-electron chi connectivity index (χ4n) is 2.04. The van der Waals surface area contributed by atoms with Crippen molar-refractivity contribution in [2.24, 2.45) is 0 Å². The van der Waals surface area contributed by atoms with Gasteiger partial charge in [-0.05, 0) is 41.8 Å². The molecule has 0 heterocycles. The van der Waals surface area contributed by atoms with Crippen LogP contribution in [0.25, 0.3) is 0 Å². The number of amides is 1. The van der Waals surface area contributed by atoms with Crippen LogP contribution in [0, 0.1) is 5.82 Å². The van der Waals surface area contributed by atoms with Gasteiger partial charge in [0.1, 0.15) is 11.6 Å². The van der Waals surface area contributed by atoms with Crippen LogP contribution in [0.4, 0.5) is 4.39 Å². The molecule has 2 aromatic carbocycles. The van der Waals surface area contributed by atoms with Gasteiger partial charge in [-0.2, -0.15) is 0 Å².